The zero-order chi connectivity index (χ0) is 19.3. The van der Waals surface area contributed by atoms with Crippen LogP contribution in [0.4, 0.5) is 21.5 Å². The molecule has 138 valence electrons. The number of carbonyl (C=O) groups excluding carboxylic acids is 2. The normalized spacial score (nSPS) is 10.9. The van der Waals surface area contributed by atoms with Gasteiger partial charge >= 0.3 is 0 Å². The molecule has 9 heteroatoms. The molecule has 0 aliphatic heterocycles. The van der Waals surface area contributed by atoms with Crippen LogP contribution in [0.3, 0.4) is 0 Å². The van der Waals surface area contributed by atoms with Gasteiger partial charge in [-0.25, -0.2) is 12.8 Å². The van der Waals surface area contributed by atoms with Gasteiger partial charge in [0.15, 0.2) is 0 Å². The van der Waals surface area contributed by atoms with Gasteiger partial charge in [0.2, 0.25) is 21.8 Å². The highest BCUT2D eigenvalue weighted by atomic mass is 32.2. The average Bonchev–Trinajstić information content (AvgIpc) is 2.52. The van der Waals surface area contributed by atoms with Crippen LogP contribution in [0.2, 0.25) is 0 Å². The predicted octanol–water partition coefficient (Wildman–Crippen LogP) is 2.19. The molecule has 2 aromatic carbocycles. The molecular weight excluding hydrogens is 361 g/mol. The number of amides is 2. The Bertz CT molecular complexity index is 931. The second kappa shape index (κ2) is 7.96. The average molecular weight is 379 g/mol. The van der Waals surface area contributed by atoms with Crippen LogP contribution in [0.15, 0.2) is 48.5 Å². The summed E-state index contributed by atoms with van der Waals surface area (Å²) in [4.78, 5) is 23.3. The molecular formula is C17H18FN3O4S. The van der Waals surface area contributed by atoms with E-state index >= 15 is 0 Å². The second-order valence-electron chi connectivity index (χ2n) is 5.53. The molecule has 2 rings (SSSR count). The van der Waals surface area contributed by atoms with Crippen molar-refractivity contribution < 1.29 is 22.4 Å². The fraction of sp³-hybridized carbons (Fsp3) is 0.176. The zero-order valence-corrected chi connectivity index (χ0v) is 15.0. The minimum absolute atomic E-state index is 0.211. The predicted molar refractivity (Wildman–Crippen MR) is 98.0 cm³/mol. The Morgan fingerprint density at radius 1 is 1.04 bits per heavy atom. The van der Waals surface area contributed by atoms with Crippen LogP contribution < -0.4 is 14.9 Å². The van der Waals surface area contributed by atoms with E-state index in [1.807, 2.05) is 0 Å². The molecule has 26 heavy (non-hydrogen) atoms. The lowest BCUT2D eigenvalue weighted by molar-refractivity contribution is -0.115. The van der Waals surface area contributed by atoms with Crippen LogP contribution >= 0.6 is 0 Å². The summed E-state index contributed by atoms with van der Waals surface area (Å²) in [7, 11) is -3.88. The largest absolute Gasteiger partial charge is 0.326 e. The van der Waals surface area contributed by atoms with Gasteiger partial charge in [0, 0.05) is 18.3 Å². The summed E-state index contributed by atoms with van der Waals surface area (Å²) in [5.74, 6) is -1.67. The van der Waals surface area contributed by atoms with E-state index in [0.29, 0.717) is 15.7 Å². The van der Waals surface area contributed by atoms with Gasteiger partial charge in [-0.05, 0) is 30.3 Å². The Balaban J connectivity index is 2.18. The smallest absolute Gasteiger partial charge is 0.245 e. The number of hydrogen-bond donors (Lipinski definition) is 2. The number of para-hydroxylation sites is 1. The number of nitrogens with one attached hydrogen (secondary N) is 2. The van der Waals surface area contributed by atoms with Gasteiger partial charge in [-0.2, -0.15) is 0 Å². The molecule has 0 atom stereocenters. The third-order valence-corrected chi connectivity index (χ3v) is 4.40. The van der Waals surface area contributed by atoms with Crippen molar-refractivity contribution in [2.45, 2.75) is 6.92 Å². The quantitative estimate of drug-likeness (QED) is 0.804. The van der Waals surface area contributed by atoms with E-state index in [-0.39, 0.29) is 11.6 Å². The van der Waals surface area contributed by atoms with Gasteiger partial charge in [0.25, 0.3) is 0 Å². The van der Waals surface area contributed by atoms with Gasteiger partial charge in [0.1, 0.15) is 12.4 Å². The molecule has 0 fully saturated rings. The third kappa shape index (κ3) is 5.28. The van der Waals surface area contributed by atoms with Crippen molar-refractivity contribution >= 4 is 38.9 Å². The summed E-state index contributed by atoms with van der Waals surface area (Å²) in [6.07, 6.45) is 0.893. The summed E-state index contributed by atoms with van der Waals surface area (Å²) in [5, 5.41) is 5.10. The van der Waals surface area contributed by atoms with Gasteiger partial charge in [0.05, 0.1) is 11.9 Å². The fourth-order valence-corrected chi connectivity index (χ4v) is 3.10. The summed E-state index contributed by atoms with van der Waals surface area (Å²) in [5.41, 5.74) is 0.629. The first kappa shape index (κ1) is 19.4. The molecule has 0 bridgehead atoms. The highest BCUT2D eigenvalue weighted by molar-refractivity contribution is 7.92. The van der Waals surface area contributed by atoms with Crippen LogP contribution in [0.5, 0.6) is 0 Å². The first-order valence-corrected chi connectivity index (χ1v) is 9.41. The van der Waals surface area contributed by atoms with Crippen LogP contribution in [0.1, 0.15) is 6.92 Å². The van der Waals surface area contributed by atoms with Crippen LogP contribution in [-0.2, 0) is 19.6 Å². The summed E-state index contributed by atoms with van der Waals surface area (Å²) in [6.45, 7) is 0.758. The first-order valence-electron chi connectivity index (χ1n) is 7.56. The number of carbonyl (C=O) groups is 2. The van der Waals surface area contributed by atoms with Gasteiger partial charge in [-0.15, -0.1) is 0 Å². The van der Waals surface area contributed by atoms with E-state index in [1.165, 1.54) is 31.2 Å². The fourth-order valence-electron chi connectivity index (χ4n) is 2.24. The van der Waals surface area contributed by atoms with E-state index in [4.69, 9.17) is 0 Å². The minimum Gasteiger partial charge on any atom is -0.326 e. The van der Waals surface area contributed by atoms with Crippen LogP contribution in [0, 0.1) is 5.82 Å². The highest BCUT2D eigenvalue weighted by Gasteiger charge is 2.23. The SMILES string of the molecule is CC(=O)Nc1cccc(NC(=O)CN(c2ccccc2F)S(C)(=O)=O)c1. The van der Waals surface area contributed by atoms with Crippen molar-refractivity contribution in [2.24, 2.45) is 0 Å². The van der Waals surface area contributed by atoms with E-state index in [2.05, 4.69) is 10.6 Å². The van der Waals surface area contributed by atoms with E-state index in [0.717, 1.165) is 12.3 Å². The number of sulfonamides is 1. The number of rotatable bonds is 6. The van der Waals surface area contributed by atoms with Crippen molar-refractivity contribution in [3.05, 3.63) is 54.3 Å². The summed E-state index contributed by atoms with van der Waals surface area (Å²) < 4.78 is 38.6. The molecule has 7 nitrogen and oxygen atoms in total. The number of anilines is 3. The lowest BCUT2D eigenvalue weighted by Gasteiger charge is -2.22. The zero-order valence-electron chi connectivity index (χ0n) is 14.2. The van der Waals surface area contributed by atoms with Crippen molar-refractivity contribution in [3.63, 3.8) is 0 Å². The van der Waals surface area contributed by atoms with Gasteiger partial charge in [-0.3, -0.25) is 13.9 Å². The van der Waals surface area contributed by atoms with Crippen molar-refractivity contribution in [1.29, 1.82) is 0 Å². The third-order valence-electron chi connectivity index (χ3n) is 3.28. The van der Waals surface area contributed by atoms with Crippen LogP contribution in [-0.4, -0.2) is 33.0 Å². The van der Waals surface area contributed by atoms with Crippen molar-refractivity contribution in [2.75, 3.05) is 27.7 Å². The molecule has 2 N–H and O–H groups in total. The maximum atomic E-state index is 13.9. The molecule has 0 saturated carbocycles. The summed E-state index contributed by atoms with van der Waals surface area (Å²) in [6, 6.07) is 11.7. The Hall–Kier alpha value is -2.94. The molecule has 0 aliphatic rings. The highest BCUT2D eigenvalue weighted by Crippen LogP contribution is 2.21. The van der Waals surface area contributed by atoms with E-state index in [1.54, 1.807) is 18.2 Å². The molecule has 0 aliphatic carbocycles. The molecule has 0 aromatic heterocycles. The standard InChI is InChI=1S/C17H18FN3O4S/c1-12(22)19-13-6-5-7-14(10-13)20-17(23)11-21(26(2,24)25)16-9-4-3-8-15(16)18/h3-10H,11H2,1-2H3,(H,19,22)(H,20,23). The molecule has 2 amide bonds. The first-order chi connectivity index (χ1) is 12.2. The van der Waals surface area contributed by atoms with Crippen molar-refractivity contribution in [3.8, 4) is 0 Å². The maximum absolute atomic E-state index is 13.9. The molecule has 0 unspecified atom stereocenters. The lowest BCUT2D eigenvalue weighted by Crippen LogP contribution is -2.38. The molecule has 0 heterocycles. The van der Waals surface area contributed by atoms with E-state index in [9.17, 15) is 22.4 Å². The van der Waals surface area contributed by atoms with Crippen molar-refractivity contribution in [1.82, 2.24) is 0 Å². The number of halogens is 1. The molecule has 0 spiro atoms. The Morgan fingerprint density at radius 2 is 1.65 bits per heavy atom. The lowest BCUT2D eigenvalue weighted by atomic mass is 10.2. The number of hydrogen-bond acceptors (Lipinski definition) is 4. The van der Waals surface area contributed by atoms with Gasteiger partial charge < -0.3 is 10.6 Å². The van der Waals surface area contributed by atoms with E-state index < -0.39 is 28.3 Å². The minimum atomic E-state index is -3.88. The van der Waals surface area contributed by atoms with Crippen LogP contribution in [0.25, 0.3) is 0 Å². The Morgan fingerprint density at radius 3 is 2.23 bits per heavy atom. The molecule has 2 aromatic rings. The number of benzene rings is 2. The number of nitrogens with zero attached hydrogens (tertiary/aromatic N) is 1. The Kier molecular flexibility index (Phi) is 5.93. The topological polar surface area (TPSA) is 95.6 Å². The van der Waals surface area contributed by atoms with Gasteiger partial charge in [-0.1, -0.05) is 18.2 Å². The monoisotopic (exact) mass is 379 g/mol. The molecule has 0 radical (unpaired) electrons. The molecule has 0 saturated heterocycles. The maximum Gasteiger partial charge on any atom is 0.245 e. The summed E-state index contributed by atoms with van der Waals surface area (Å²) >= 11 is 0. The second-order valence-corrected chi connectivity index (χ2v) is 7.44. The Labute approximate surface area is 150 Å².